The summed E-state index contributed by atoms with van der Waals surface area (Å²) in [6.07, 6.45) is -7.78. The van der Waals surface area contributed by atoms with Gasteiger partial charge in [0.1, 0.15) is 23.8 Å². The predicted molar refractivity (Wildman–Crippen MR) is 171 cm³/mol. The summed E-state index contributed by atoms with van der Waals surface area (Å²) in [6.45, 7) is 0.770. The zero-order chi connectivity index (χ0) is 40.0. The van der Waals surface area contributed by atoms with Gasteiger partial charge in [-0.3, -0.25) is 15.0 Å². The van der Waals surface area contributed by atoms with Crippen molar-refractivity contribution in [1.82, 2.24) is 21.1 Å². The number of carbonyl (C=O) groups excluding carboxylic acids is 4. The number of nitrogens with one attached hydrogen (secondary N) is 3. The number of halogens is 7. The number of methoxy groups -OCH3 is 1. The van der Waals surface area contributed by atoms with Crippen LogP contribution < -0.4 is 21.8 Å². The fraction of sp³-hybridized carbons (Fsp3) is 0.581. The Kier molecular flexibility index (Phi) is 17.3. The van der Waals surface area contributed by atoms with Crippen LogP contribution in [0, 0.1) is 22.5 Å². The van der Waals surface area contributed by atoms with Gasteiger partial charge in [0.2, 0.25) is 6.79 Å². The number of allylic oxidation sites excluding steroid dienone is 1. The summed E-state index contributed by atoms with van der Waals surface area (Å²) >= 11 is 0. The zero-order valence-electron chi connectivity index (χ0n) is 29.5. The van der Waals surface area contributed by atoms with Crippen LogP contribution in [0.1, 0.15) is 52.2 Å². The number of hydrogen-bond donors (Lipinski definition) is 4. The lowest BCUT2D eigenvalue weighted by Crippen LogP contribution is -2.62. The molecule has 2 atom stereocenters. The van der Waals surface area contributed by atoms with E-state index in [1.807, 2.05) is 0 Å². The van der Waals surface area contributed by atoms with Gasteiger partial charge in [0.25, 0.3) is 5.91 Å². The summed E-state index contributed by atoms with van der Waals surface area (Å²) in [4.78, 5) is 52.5. The van der Waals surface area contributed by atoms with Crippen LogP contribution in [0.2, 0.25) is 0 Å². The molecule has 0 heterocycles. The van der Waals surface area contributed by atoms with E-state index in [-0.39, 0.29) is 24.2 Å². The lowest BCUT2D eigenvalue weighted by molar-refractivity contribution is -0.221. The van der Waals surface area contributed by atoms with Gasteiger partial charge in [-0.05, 0) is 44.5 Å². The number of esters is 1. The molecule has 0 spiro atoms. The molecule has 52 heavy (non-hydrogen) atoms. The first-order valence-corrected chi connectivity index (χ1v) is 15.3. The Morgan fingerprint density at radius 1 is 1.02 bits per heavy atom. The highest BCUT2D eigenvalue weighted by Crippen LogP contribution is 2.40. The number of rotatable bonds is 17. The molecular weight excluding hydrogens is 717 g/mol. The number of hydrogen-bond acceptors (Lipinski definition) is 12. The number of alkyl halides is 5. The van der Waals surface area contributed by atoms with E-state index >= 15 is 8.78 Å². The van der Waals surface area contributed by atoms with Crippen molar-refractivity contribution in [2.45, 2.75) is 72.5 Å². The largest absolute Gasteiger partial charge is 0.511 e. The Morgan fingerprint density at radius 2 is 1.62 bits per heavy atom. The molecule has 0 aliphatic heterocycles. The van der Waals surface area contributed by atoms with E-state index in [4.69, 9.17) is 19.9 Å². The minimum Gasteiger partial charge on any atom is -0.453 e. The third kappa shape index (κ3) is 15.3. The molecule has 1 aromatic rings. The molecule has 2 amide bonds. The van der Waals surface area contributed by atoms with Crippen LogP contribution in [0.15, 0.2) is 23.2 Å². The minimum atomic E-state index is -5.08. The van der Waals surface area contributed by atoms with Crippen LogP contribution in [-0.4, -0.2) is 94.3 Å². The highest BCUT2D eigenvalue weighted by atomic mass is 19.4. The van der Waals surface area contributed by atoms with E-state index in [0.717, 1.165) is 25.3 Å². The average Bonchev–Trinajstić information content (AvgIpc) is 2.99. The third-order valence-electron chi connectivity index (χ3n) is 6.90. The van der Waals surface area contributed by atoms with Crippen LogP contribution in [0.5, 0.6) is 0 Å². The van der Waals surface area contributed by atoms with Crippen molar-refractivity contribution in [3.8, 4) is 0 Å². The van der Waals surface area contributed by atoms with Gasteiger partial charge >= 0.3 is 30.9 Å². The van der Waals surface area contributed by atoms with Crippen molar-refractivity contribution < 1.29 is 68.9 Å². The first kappa shape index (κ1) is 45.4. The highest BCUT2D eigenvalue weighted by Gasteiger charge is 2.56. The van der Waals surface area contributed by atoms with Crippen LogP contribution in [-0.2, 0) is 35.1 Å². The van der Waals surface area contributed by atoms with E-state index in [9.17, 15) is 41.1 Å². The molecule has 14 nitrogen and oxygen atoms in total. The molecule has 0 aliphatic rings. The summed E-state index contributed by atoms with van der Waals surface area (Å²) in [6, 6.07) is -0.945. The second-order valence-corrected chi connectivity index (χ2v) is 12.8. The molecule has 5 N–H and O–H groups in total. The molecule has 21 heteroatoms. The van der Waals surface area contributed by atoms with Gasteiger partial charge in [-0.1, -0.05) is 20.8 Å². The number of ether oxygens (including phenoxy) is 4. The third-order valence-corrected chi connectivity index (χ3v) is 6.90. The highest BCUT2D eigenvalue weighted by molar-refractivity contribution is 5.86. The van der Waals surface area contributed by atoms with Gasteiger partial charge in [-0.15, -0.1) is 0 Å². The fourth-order valence-electron chi connectivity index (χ4n) is 4.09. The van der Waals surface area contributed by atoms with E-state index in [1.54, 1.807) is 26.1 Å². The van der Waals surface area contributed by atoms with Crippen LogP contribution in [0.4, 0.5) is 40.3 Å². The first-order chi connectivity index (χ1) is 23.9. The number of hydrazine groups is 1. The summed E-state index contributed by atoms with van der Waals surface area (Å²) in [5.41, 5.74) is 2.98. The number of aliphatic imine (C=N–C) groups is 1. The maximum Gasteiger partial charge on any atom is 0.511 e. The predicted octanol–water partition coefficient (Wildman–Crippen LogP) is 4.38. The van der Waals surface area contributed by atoms with Crippen LogP contribution in [0.3, 0.4) is 0 Å². The van der Waals surface area contributed by atoms with Crippen molar-refractivity contribution in [3.63, 3.8) is 0 Å². The molecule has 294 valence electrons. The molecule has 0 saturated carbocycles. The molecule has 0 aliphatic carbocycles. The van der Waals surface area contributed by atoms with Crippen molar-refractivity contribution >= 4 is 36.0 Å². The molecular formula is C31H43F7N6O8. The van der Waals surface area contributed by atoms with E-state index in [2.05, 4.69) is 20.5 Å². The number of carbonyl (C=O) groups is 4. The van der Waals surface area contributed by atoms with Gasteiger partial charge < -0.3 is 35.3 Å². The van der Waals surface area contributed by atoms with Gasteiger partial charge in [-0.25, -0.2) is 28.4 Å². The number of likely N-dealkylation sites (N-methyl/N-ethyl adjacent to an activating group) is 1. The van der Waals surface area contributed by atoms with E-state index in [1.165, 1.54) is 7.05 Å². The second kappa shape index (κ2) is 19.8. The topological polar surface area (TPSA) is 183 Å². The lowest BCUT2D eigenvalue weighted by Gasteiger charge is -2.37. The summed E-state index contributed by atoms with van der Waals surface area (Å²) in [5.74, 6) is -4.80. The van der Waals surface area contributed by atoms with Crippen molar-refractivity contribution in [2.75, 3.05) is 34.0 Å². The molecule has 2 unspecified atom stereocenters. The smallest absolute Gasteiger partial charge is 0.453 e. The van der Waals surface area contributed by atoms with Gasteiger partial charge in [0, 0.05) is 36.1 Å². The molecule has 0 fully saturated rings. The molecule has 0 saturated heterocycles. The number of nitrogens with zero attached hydrogens (tertiary/aromatic N) is 2. The lowest BCUT2D eigenvalue weighted by atomic mass is 9.83. The Labute approximate surface area is 295 Å². The van der Waals surface area contributed by atoms with Crippen LogP contribution in [0.25, 0.3) is 5.70 Å². The summed E-state index contributed by atoms with van der Waals surface area (Å²) < 4.78 is 117. The average molecular weight is 761 g/mol. The zero-order valence-corrected chi connectivity index (χ0v) is 29.5. The molecule has 0 aromatic heterocycles. The fourth-order valence-corrected chi connectivity index (χ4v) is 4.09. The Morgan fingerprint density at radius 3 is 2.12 bits per heavy atom. The van der Waals surface area contributed by atoms with Crippen molar-refractivity contribution in [2.24, 2.45) is 21.6 Å². The van der Waals surface area contributed by atoms with E-state index < -0.39 is 96.9 Å². The van der Waals surface area contributed by atoms with E-state index in [0.29, 0.717) is 25.1 Å². The normalized spacial score (nSPS) is 13.9. The standard InChI is InChI=1S/C31H43F7N6O8/c1-29(2,3)12-23(45)50-16-51-28(48)52-18(13-40-6)14-44(43-25(46)24(42-27(47)49-7)30(4,5)31(36,37)38)15-19-20(32)10-17(11-21(19)33)22(39)8-9-41-26(34)35/h8-11,18,24,26,40H,12-16,39H2,1-7H3,(H,42,47)(H,43,46)/b22-8-,41-9+. The van der Waals surface area contributed by atoms with Crippen molar-refractivity contribution in [1.29, 1.82) is 0 Å². The van der Waals surface area contributed by atoms with Gasteiger partial charge in [0.15, 0.2) is 0 Å². The van der Waals surface area contributed by atoms with Crippen molar-refractivity contribution in [3.05, 3.63) is 41.0 Å². The first-order valence-electron chi connectivity index (χ1n) is 15.3. The van der Waals surface area contributed by atoms with Gasteiger partial charge in [-0.2, -0.15) is 22.0 Å². The number of benzene rings is 1. The quantitative estimate of drug-likeness (QED) is 0.0336. The Bertz CT molecular complexity index is 1430. The summed E-state index contributed by atoms with van der Waals surface area (Å²) in [5, 5.41) is 5.16. The number of amides is 2. The number of alkyl carbamates (subject to hydrolysis) is 1. The number of nitrogens with two attached hydrogens (primary N) is 1. The summed E-state index contributed by atoms with van der Waals surface area (Å²) in [7, 11) is 2.24. The Hall–Kier alpha value is -4.66. The molecule has 0 bridgehead atoms. The monoisotopic (exact) mass is 760 g/mol. The molecule has 1 rings (SSSR count). The molecule has 1 aromatic carbocycles. The minimum absolute atomic E-state index is 0.0106. The maximum absolute atomic E-state index is 15.3. The SMILES string of the molecule is CNCC(CN(Cc1c(F)cc(/C(N)=C/C=N/C(F)F)cc1F)NC(=O)C(NC(=O)OC)C(C)(C)C(F)(F)F)OC(=O)OCOC(=O)CC(C)(C)C. The Balaban J connectivity index is 3.49. The van der Waals surface area contributed by atoms with Crippen LogP contribution >= 0.6 is 0 Å². The van der Waals surface area contributed by atoms with Gasteiger partial charge in [0.05, 0.1) is 25.5 Å². The maximum atomic E-state index is 15.3. The molecule has 0 radical (unpaired) electrons. The second-order valence-electron chi connectivity index (χ2n) is 12.8.